The highest BCUT2D eigenvalue weighted by Gasteiger charge is 2.21. The number of carbonyl (C=O) groups is 1. The third kappa shape index (κ3) is 4.50. The number of aromatic amines is 1. The lowest BCUT2D eigenvalue weighted by molar-refractivity contribution is -0.120. The van der Waals surface area contributed by atoms with Gasteiger partial charge in [-0.05, 0) is 43.7 Å². The number of rotatable bonds is 6. The van der Waals surface area contributed by atoms with Gasteiger partial charge in [-0.2, -0.15) is 4.98 Å². The zero-order valence-electron chi connectivity index (χ0n) is 18.1. The van der Waals surface area contributed by atoms with Crippen molar-refractivity contribution in [2.45, 2.75) is 26.3 Å². The fourth-order valence-electron chi connectivity index (χ4n) is 3.35. The highest BCUT2D eigenvalue weighted by Crippen LogP contribution is 2.30. The van der Waals surface area contributed by atoms with Gasteiger partial charge < -0.3 is 19.8 Å². The topological polar surface area (TPSA) is 102 Å². The van der Waals surface area contributed by atoms with Crippen LogP contribution in [0.1, 0.15) is 26.3 Å². The van der Waals surface area contributed by atoms with Crippen LogP contribution >= 0.6 is 11.6 Å². The van der Waals surface area contributed by atoms with E-state index in [0.29, 0.717) is 39.2 Å². The first-order valence-corrected chi connectivity index (χ1v) is 10.3. The van der Waals surface area contributed by atoms with Crippen LogP contribution in [0, 0.1) is 0 Å². The van der Waals surface area contributed by atoms with Gasteiger partial charge in [0.1, 0.15) is 11.4 Å². The van der Waals surface area contributed by atoms with Crippen LogP contribution in [0.5, 0.6) is 17.6 Å². The Hall–Kier alpha value is -3.65. The molecule has 0 unspecified atom stereocenters. The highest BCUT2D eigenvalue weighted by molar-refractivity contribution is 6.33. The lowest BCUT2D eigenvalue weighted by Crippen LogP contribution is -2.39. The van der Waals surface area contributed by atoms with Crippen molar-refractivity contribution in [3.05, 3.63) is 59.1 Å². The number of methoxy groups -OCH3 is 1. The smallest absolute Gasteiger partial charge is 0.301 e. The average Bonchev–Trinajstić information content (AvgIpc) is 3.13. The standard InChI is InChI=1S/C23H22ClN5O3/c1-13(30)29-23(2,3)14-8-10-15(11-9-14)32-22-26-18-12-16(24)20(27-21(18)28-22)17-6-5-7-19(25-17)31-4/h5-12H,1-4H3,(H,29,30)(H,26,27,28). The van der Waals surface area contributed by atoms with Crippen LogP contribution in [0.4, 0.5) is 0 Å². The number of pyridine rings is 2. The zero-order valence-corrected chi connectivity index (χ0v) is 18.8. The molecule has 0 fully saturated rings. The molecule has 2 N–H and O–H groups in total. The van der Waals surface area contributed by atoms with Crippen molar-refractivity contribution in [2.75, 3.05) is 7.11 Å². The molecule has 9 heteroatoms. The van der Waals surface area contributed by atoms with Crippen molar-refractivity contribution in [3.8, 4) is 29.0 Å². The first kappa shape index (κ1) is 21.6. The first-order valence-electron chi connectivity index (χ1n) is 9.90. The monoisotopic (exact) mass is 451 g/mol. The molecule has 0 saturated heterocycles. The van der Waals surface area contributed by atoms with Crippen LogP contribution in [-0.2, 0) is 10.3 Å². The summed E-state index contributed by atoms with van der Waals surface area (Å²) >= 11 is 6.44. The van der Waals surface area contributed by atoms with Crippen molar-refractivity contribution in [3.63, 3.8) is 0 Å². The Balaban J connectivity index is 1.59. The third-order valence-corrected chi connectivity index (χ3v) is 5.15. The number of nitrogens with zero attached hydrogens (tertiary/aromatic N) is 3. The third-order valence-electron chi connectivity index (χ3n) is 4.86. The summed E-state index contributed by atoms with van der Waals surface area (Å²) in [5.41, 5.74) is 2.63. The number of carbonyl (C=O) groups excluding carboxylic acids is 1. The molecule has 0 spiro atoms. The molecule has 0 atom stereocenters. The highest BCUT2D eigenvalue weighted by atomic mass is 35.5. The number of hydrogen-bond donors (Lipinski definition) is 2. The van der Waals surface area contributed by atoms with Crippen LogP contribution in [0.2, 0.25) is 5.02 Å². The number of ether oxygens (including phenoxy) is 2. The predicted molar refractivity (Wildman–Crippen MR) is 122 cm³/mol. The van der Waals surface area contributed by atoms with Crippen LogP contribution < -0.4 is 14.8 Å². The Labute approximate surface area is 190 Å². The Morgan fingerprint density at radius 1 is 1.09 bits per heavy atom. The minimum Gasteiger partial charge on any atom is -0.481 e. The molecular formula is C23H22ClN5O3. The largest absolute Gasteiger partial charge is 0.481 e. The predicted octanol–water partition coefficient (Wildman–Crippen LogP) is 4.85. The fourth-order valence-corrected chi connectivity index (χ4v) is 3.60. The van der Waals surface area contributed by atoms with Crippen molar-refractivity contribution in [2.24, 2.45) is 0 Å². The molecule has 4 aromatic rings. The molecule has 0 bridgehead atoms. The van der Waals surface area contributed by atoms with Crippen molar-refractivity contribution >= 4 is 28.7 Å². The molecule has 0 radical (unpaired) electrons. The summed E-state index contributed by atoms with van der Waals surface area (Å²) in [5, 5.41) is 3.35. The van der Waals surface area contributed by atoms with Crippen LogP contribution in [-0.4, -0.2) is 33.0 Å². The zero-order chi connectivity index (χ0) is 22.9. The summed E-state index contributed by atoms with van der Waals surface area (Å²) < 4.78 is 11.0. The summed E-state index contributed by atoms with van der Waals surface area (Å²) in [7, 11) is 1.55. The summed E-state index contributed by atoms with van der Waals surface area (Å²) in [4.78, 5) is 27.9. The summed E-state index contributed by atoms with van der Waals surface area (Å²) in [5.74, 6) is 0.969. The minimum atomic E-state index is -0.491. The molecule has 164 valence electrons. The number of amides is 1. The van der Waals surface area contributed by atoms with E-state index >= 15 is 0 Å². The van der Waals surface area contributed by atoms with Crippen LogP contribution in [0.3, 0.4) is 0 Å². The first-order chi connectivity index (χ1) is 15.2. The molecule has 1 amide bonds. The van der Waals surface area contributed by atoms with E-state index in [1.54, 1.807) is 25.3 Å². The lowest BCUT2D eigenvalue weighted by Gasteiger charge is -2.26. The minimum absolute atomic E-state index is 0.0905. The van der Waals surface area contributed by atoms with E-state index in [0.717, 1.165) is 5.56 Å². The average molecular weight is 452 g/mol. The molecule has 3 heterocycles. The number of imidazole rings is 1. The van der Waals surface area contributed by atoms with Gasteiger partial charge in [0.05, 0.1) is 28.9 Å². The molecule has 1 aromatic carbocycles. The van der Waals surface area contributed by atoms with E-state index < -0.39 is 5.54 Å². The van der Waals surface area contributed by atoms with Crippen LogP contribution in [0.25, 0.3) is 22.6 Å². The van der Waals surface area contributed by atoms with E-state index in [4.69, 9.17) is 21.1 Å². The van der Waals surface area contributed by atoms with Gasteiger partial charge in [0.2, 0.25) is 11.8 Å². The number of nitrogens with one attached hydrogen (secondary N) is 2. The van der Waals surface area contributed by atoms with Gasteiger partial charge in [-0.25, -0.2) is 9.97 Å². The number of aromatic nitrogens is 4. The lowest BCUT2D eigenvalue weighted by atomic mass is 9.94. The van der Waals surface area contributed by atoms with E-state index in [2.05, 4.69) is 25.3 Å². The maximum absolute atomic E-state index is 11.4. The normalized spacial score (nSPS) is 11.4. The van der Waals surface area contributed by atoms with E-state index in [-0.39, 0.29) is 11.9 Å². The van der Waals surface area contributed by atoms with Gasteiger partial charge in [0.25, 0.3) is 0 Å². The Morgan fingerprint density at radius 3 is 2.53 bits per heavy atom. The summed E-state index contributed by atoms with van der Waals surface area (Å²) in [6.45, 7) is 5.37. The molecule has 8 nitrogen and oxygen atoms in total. The molecule has 0 saturated carbocycles. The van der Waals surface area contributed by atoms with Gasteiger partial charge in [-0.15, -0.1) is 0 Å². The van der Waals surface area contributed by atoms with Crippen LogP contribution in [0.15, 0.2) is 48.5 Å². The van der Waals surface area contributed by atoms with Gasteiger partial charge in [0, 0.05) is 13.0 Å². The van der Waals surface area contributed by atoms with Crippen molar-refractivity contribution in [1.82, 2.24) is 25.3 Å². The molecule has 3 aromatic heterocycles. The van der Waals surface area contributed by atoms with Crippen molar-refractivity contribution in [1.29, 1.82) is 0 Å². The molecule has 4 rings (SSSR count). The van der Waals surface area contributed by atoms with Gasteiger partial charge >= 0.3 is 6.01 Å². The number of H-pyrrole nitrogens is 1. The van der Waals surface area contributed by atoms with Gasteiger partial charge in [-0.3, -0.25) is 4.79 Å². The number of fused-ring (bicyclic) bond motifs is 1. The Bertz CT molecular complexity index is 1280. The second-order valence-corrected chi connectivity index (χ2v) is 8.14. The molecule has 0 aliphatic carbocycles. The molecule has 32 heavy (non-hydrogen) atoms. The Morgan fingerprint density at radius 2 is 1.84 bits per heavy atom. The van der Waals surface area contributed by atoms with E-state index in [1.165, 1.54) is 6.92 Å². The molecular weight excluding hydrogens is 430 g/mol. The second-order valence-electron chi connectivity index (χ2n) is 7.73. The van der Waals surface area contributed by atoms with E-state index in [1.807, 2.05) is 44.2 Å². The maximum Gasteiger partial charge on any atom is 0.301 e. The number of benzene rings is 1. The summed E-state index contributed by atoms with van der Waals surface area (Å²) in [6, 6.07) is 14.8. The molecule has 0 aliphatic heterocycles. The van der Waals surface area contributed by atoms with Crippen molar-refractivity contribution < 1.29 is 14.3 Å². The maximum atomic E-state index is 11.4. The SMILES string of the molecule is COc1cccc(-c2nc3nc(Oc4ccc(C(C)(C)NC(C)=O)cc4)[nH]c3cc2Cl)n1. The van der Waals surface area contributed by atoms with Gasteiger partial charge in [0.15, 0.2) is 5.65 Å². The Kier molecular flexibility index (Phi) is 5.71. The molecule has 0 aliphatic rings. The number of halogens is 1. The summed E-state index contributed by atoms with van der Waals surface area (Å²) in [6.07, 6.45) is 0. The van der Waals surface area contributed by atoms with E-state index in [9.17, 15) is 4.79 Å². The number of hydrogen-bond acceptors (Lipinski definition) is 6. The quantitative estimate of drug-likeness (QED) is 0.434. The fraction of sp³-hybridized carbons (Fsp3) is 0.217. The second kappa shape index (κ2) is 8.47. The van der Waals surface area contributed by atoms with Gasteiger partial charge in [-0.1, -0.05) is 29.8 Å².